The first kappa shape index (κ1) is 38.2. The predicted molar refractivity (Wildman–Crippen MR) is 173 cm³/mol. The lowest BCUT2D eigenvalue weighted by atomic mass is 9.93. The normalized spacial score (nSPS) is 18.4. The van der Waals surface area contributed by atoms with Crippen LogP contribution in [0.4, 0.5) is 50.3 Å². The van der Waals surface area contributed by atoms with Crippen LogP contribution in [0.25, 0.3) is 22.3 Å². The lowest BCUT2D eigenvalue weighted by molar-refractivity contribution is -0.143. The van der Waals surface area contributed by atoms with Crippen LogP contribution in [0.2, 0.25) is 0 Å². The van der Waals surface area contributed by atoms with Crippen LogP contribution in [-0.4, -0.2) is 66.2 Å². The Labute approximate surface area is 301 Å². The van der Waals surface area contributed by atoms with Crippen LogP contribution in [0, 0.1) is 12.7 Å². The Kier molecular flexibility index (Phi) is 9.69. The molecule has 2 fully saturated rings. The average molecular weight is 769 g/mol. The SMILES string of the molecule is COC(=O)c1ccc(-c2cc(-c3cnc(N4CC(F)(F)C4)nc3CN3C(=O)O[C@H](c4cc(C(F)(F)F)cc(C(F)(F)F)c4)[C@@H]3C)c(OC)cc2F)c(C)c1. The lowest BCUT2D eigenvalue weighted by Gasteiger charge is -2.38. The minimum atomic E-state index is -5.16. The van der Waals surface area contributed by atoms with E-state index in [1.54, 1.807) is 6.92 Å². The summed E-state index contributed by atoms with van der Waals surface area (Å²) in [5.74, 6) is -4.58. The molecule has 18 heteroatoms. The number of esters is 1. The fourth-order valence-corrected chi connectivity index (χ4v) is 6.37. The van der Waals surface area contributed by atoms with Gasteiger partial charge >= 0.3 is 24.4 Å². The molecule has 2 aliphatic rings. The van der Waals surface area contributed by atoms with E-state index < -0.39 is 84.6 Å². The molecule has 0 unspecified atom stereocenters. The second kappa shape index (κ2) is 13.7. The first-order chi connectivity index (χ1) is 25.2. The topological polar surface area (TPSA) is 94.1 Å². The van der Waals surface area contributed by atoms with Crippen molar-refractivity contribution < 1.29 is 63.3 Å². The van der Waals surface area contributed by atoms with Crippen LogP contribution in [0.3, 0.4) is 0 Å². The van der Waals surface area contributed by atoms with Crippen molar-refractivity contribution in [1.29, 1.82) is 0 Å². The van der Waals surface area contributed by atoms with Crippen molar-refractivity contribution in [3.63, 3.8) is 0 Å². The number of ether oxygens (including phenoxy) is 3. The number of halogens is 9. The molecule has 0 aliphatic carbocycles. The van der Waals surface area contributed by atoms with E-state index in [1.807, 2.05) is 0 Å². The summed E-state index contributed by atoms with van der Waals surface area (Å²) in [5, 5.41) is 0. The summed E-state index contributed by atoms with van der Waals surface area (Å²) >= 11 is 0. The first-order valence-corrected chi connectivity index (χ1v) is 16.0. The Balaban J connectivity index is 1.43. The molecule has 2 saturated heterocycles. The molecule has 54 heavy (non-hydrogen) atoms. The Morgan fingerprint density at radius 3 is 2.13 bits per heavy atom. The third-order valence-corrected chi connectivity index (χ3v) is 9.15. The zero-order valence-electron chi connectivity index (χ0n) is 28.7. The first-order valence-electron chi connectivity index (χ1n) is 16.0. The maximum atomic E-state index is 15.7. The lowest BCUT2D eigenvalue weighted by Crippen LogP contribution is -2.57. The third kappa shape index (κ3) is 7.33. The zero-order valence-corrected chi connectivity index (χ0v) is 28.7. The zero-order chi connectivity index (χ0) is 39.5. The summed E-state index contributed by atoms with van der Waals surface area (Å²) < 4.78 is 141. The van der Waals surface area contributed by atoms with Crippen LogP contribution in [-0.2, 0) is 28.4 Å². The number of carbonyl (C=O) groups is 2. The molecule has 0 saturated carbocycles. The number of hydrogen-bond donors (Lipinski definition) is 0. The fourth-order valence-electron chi connectivity index (χ4n) is 6.37. The number of hydrogen-bond acceptors (Lipinski definition) is 8. The van der Waals surface area contributed by atoms with Gasteiger partial charge < -0.3 is 19.1 Å². The van der Waals surface area contributed by atoms with Gasteiger partial charge in [-0.15, -0.1) is 0 Å². The van der Waals surface area contributed by atoms with Gasteiger partial charge in [-0.05, 0) is 66.9 Å². The Morgan fingerprint density at radius 1 is 0.926 bits per heavy atom. The highest BCUT2D eigenvalue weighted by Crippen LogP contribution is 2.43. The van der Waals surface area contributed by atoms with Gasteiger partial charge in [0.25, 0.3) is 5.92 Å². The summed E-state index contributed by atoms with van der Waals surface area (Å²) in [6, 6.07) is 6.61. The van der Waals surface area contributed by atoms with Gasteiger partial charge in [0.15, 0.2) is 0 Å². The molecular weight excluding hydrogens is 739 g/mol. The van der Waals surface area contributed by atoms with E-state index in [1.165, 1.54) is 51.6 Å². The molecule has 0 bridgehead atoms. The highest BCUT2D eigenvalue weighted by molar-refractivity contribution is 5.91. The second-order valence-electron chi connectivity index (χ2n) is 12.8. The van der Waals surface area contributed by atoms with Crippen LogP contribution < -0.4 is 9.64 Å². The highest BCUT2D eigenvalue weighted by Gasteiger charge is 2.46. The number of amides is 1. The number of carbonyl (C=O) groups excluding carboxylic acids is 2. The predicted octanol–water partition coefficient (Wildman–Crippen LogP) is 8.63. The van der Waals surface area contributed by atoms with Crippen molar-refractivity contribution in [1.82, 2.24) is 14.9 Å². The van der Waals surface area contributed by atoms with E-state index in [0.29, 0.717) is 23.3 Å². The Bertz CT molecular complexity index is 2100. The maximum absolute atomic E-state index is 15.7. The molecule has 0 radical (unpaired) electrons. The number of cyclic esters (lactones) is 1. The number of rotatable bonds is 8. The molecule has 9 nitrogen and oxygen atoms in total. The van der Waals surface area contributed by atoms with Gasteiger partial charge in [0, 0.05) is 29.0 Å². The quantitative estimate of drug-likeness (QED) is 0.130. The van der Waals surface area contributed by atoms with Gasteiger partial charge in [-0.1, -0.05) is 6.07 Å². The summed E-state index contributed by atoms with van der Waals surface area (Å²) in [6.07, 6.45) is -11.8. The minimum absolute atomic E-state index is 0.0201. The molecule has 1 aromatic heterocycles. The largest absolute Gasteiger partial charge is 0.496 e. The van der Waals surface area contributed by atoms with Gasteiger partial charge in [0.1, 0.15) is 17.7 Å². The second-order valence-corrected chi connectivity index (χ2v) is 12.8. The van der Waals surface area contributed by atoms with E-state index >= 15 is 4.39 Å². The van der Waals surface area contributed by atoms with Crippen LogP contribution in [0.5, 0.6) is 5.75 Å². The molecule has 286 valence electrons. The molecule has 2 aliphatic heterocycles. The Hall–Kier alpha value is -5.55. The van der Waals surface area contributed by atoms with Gasteiger partial charge in [0.2, 0.25) is 5.95 Å². The number of benzene rings is 3. The van der Waals surface area contributed by atoms with Crippen molar-refractivity contribution in [3.8, 4) is 28.0 Å². The van der Waals surface area contributed by atoms with Gasteiger partial charge in [0.05, 0.1) is 62.3 Å². The molecule has 2 atom stereocenters. The highest BCUT2D eigenvalue weighted by atomic mass is 19.4. The maximum Gasteiger partial charge on any atom is 0.416 e. The third-order valence-electron chi connectivity index (χ3n) is 9.15. The van der Waals surface area contributed by atoms with E-state index in [9.17, 15) is 44.7 Å². The molecule has 1 amide bonds. The van der Waals surface area contributed by atoms with Gasteiger partial charge in [-0.25, -0.2) is 32.7 Å². The molecule has 6 rings (SSSR count). The molecule has 3 aromatic carbocycles. The molecule has 0 N–H and O–H groups in total. The van der Waals surface area contributed by atoms with Crippen molar-refractivity contribution >= 4 is 18.0 Å². The minimum Gasteiger partial charge on any atom is -0.496 e. The summed E-state index contributed by atoms with van der Waals surface area (Å²) in [7, 11) is 2.46. The average Bonchev–Trinajstić information content (AvgIpc) is 3.37. The molecule has 3 heterocycles. The van der Waals surface area contributed by atoms with Crippen molar-refractivity contribution in [2.24, 2.45) is 0 Å². The number of alkyl halides is 8. The number of methoxy groups -OCH3 is 2. The van der Waals surface area contributed by atoms with Gasteiger partial charge in [-0.2, -0.15) is 26.3 Å². The van der Waals surface area contributed by atoms with E-state index in [0.717, 1.165) is 15.9 Å². The summed E-state index contributed by atoms with van der Waals surface area (Å²) in [5.41, 5.74) is -2.39. The molecular formula is C36H29F9N4O5. The summed E-state index contributed by atoms with van der Waals surface area (Å²) in [6.45, 7) is 1.03. The molecule has 4 aromatic rings. The number of nitrogens with zero attached hydrogens (tertiary/aromatic N) is 4. The number of aromatic nitrogens is 2. The van der Waals surface area contributed by atoms with Gasteiger partial charge in [-0.3, -0.25) is 4.90 Å². The van der Waals surface area contributed by atoms with E-state index in [2.05, 4.69) is 9.97 Å². The van der Waals surface area contributed by atoms with Crippen LogP contribution in [0.1, 0.15) is 51.3 Å². The number of anilines is 1. The monoisotopic (exact) mass is 768 g/mol. The summed E-state index contributed by atoms with van der Waals surface area (Å²) in [4.78, 5) is 36.2. The molecule has 0 spiro atoms. The smallest absolute Gasteiger partial charge is 0.416 e. The van der Waals surface area contributed by atoms with E-state index in [4.69, 9.17) is 14.2 Å². The van der Waals surface area contributed by atoms with Crippen molar-refractivity contribution in [3.05, 3.63) is 94.1 Å². The standard InChI is InChI=1S/C36H29F9N4O5/c1-17-7-19(31(50)53-4)5-6-23(17)24-11-25(29(52-3)12-27(24)37)26-13-46-32(48-15-34(38,39)16-48)47-28(26)14-49-18(2)30(54-33(49)51)20-8-21(35(40,41)42)10-22(9-20)36(43,44)45/h5-13,18,30H,14-16H2,1-4H3/t18-,30-/m0/s1. The number of aryl methyl sites for hydroxylation is 1. The Morgan fingerprint density at radius 2 is 1.57 bits per heavy atom. The van der Waals surface area contributed by atoms with Crippen LogP contribution in [0.15, 0.2) is 54.7 Å². The van der Waals surface area contributed by atoms with Crippen molar-refractivity contribution in [2.75, 3.05) is 32.2 Å². The van der Waals surface area contributed by atoms with Crippen LogP contribution >= 0.6 is 0 Å². The van der Waals surface area contributed by atoms with E-state index in [-0.39, 0.29) is 45.7 Å². The van der Waals surface area contributed by atoms with Crippen molar-refractivity contribution in [2.45, 2.75) is 50.8 Å². The fraction of sp³-hybridized carbons (Fsp3) is 0.333.